The van der Waals surface area contributed by atoms with Gasteiger partial charge in [-0.15, -0.1) is 0 Å². The van der Waals surface area contributed by atoms with Gasteiger partial charge >= 0.3 is 0 Å². The second kappa shape index (κ2) is 8.01. The zero-order valence-electron chi connectivity index (χ0n) is 17.9. The molecule has 0 unspecified atom stereocenters. The van der Waals surface area contributed by atoms with Gasteiger partial charge in [-0.1, -0.05) is 30.3 Å². The summed E-state index contributed by atoms with van der Waals surface area (Å²) in [5.41, 5.74) is 0.798. The molecule has 2 amide bonds. The summed E-state index contributed by atoms with van der Waals surface area (Å²) in [6, 6.07) is 11.8. The number of rotatable bonds is 3. The molecule has 3 fully saturated rings. The Morgan fingerprint density at radius 3 is 2.45 bits per heavy atom. The third-order valence-electron chi connectivity index (χ3n) is 6.96. The van der Waals surface area contributed by atoms with E-state index < -0.39 is 0 Å². The topological polar surface area (TPSA) is 72.9 Å². The summed E-state index contributed by atoms with van der Waals surface area (Å²) in [7, 11) is 2.08. The number of hydrogen-bond donors (Lipinski definition) is 0. The van der Waals surface area contributed by atoms with E-state index in [0.29, 0.717) is 19.6 Å². The van der Waals surface area contributed by atoms with Gasteiger partial charge in [-0.2, -0.15) is 0 Å². The summed E-state index contributed by atoms with van der Waals surface area (Å²) in [5, 5.41) is 0. The van der Waals surface area contributed by atoms with Gasteiger partial charge in [0, 0.05) is 64.5 Å². The number of fused-ring (bicyclic) bond motifs is 2. The van der Waals surface area contributed by atoms with E-state index in [1.165, 1.54) is 0 Å². The van der Waals surface area contributed by atoms with Crippen LogP contribution in [0.4, 0.5) is 0 Å². The molecule has 1 aromatic carbocycles. The summed E-state index contributed by atoms with van der Waals surface area (Å²) >= 11 is 0. The van der Waals surface area contributed by atoms with Crippen molar-refractivity contribution in [2.24, 2.45) is 0 Å². The highest BCUT2D eigenvalue weighted by atomic mass is 16.2. The molecule has 4 heterocycles. The summed E-state index contributed by atoms with van der Waals surface area (Å²) in [6.45, 7) is 4.36. The highest BCUT2D eigenvalue weighted by Crippen LogP contribution is 2.42. The molecule has 8 heteroatoms. The number of nitrogens with zero attached hydrogens (tertiary/aromatic N) is 6. The number of likely N-dealkylation sites (tertiary alicyclic amines) is 1. The molecular formula is C23H28N6O2. The number of piperidine rings is 1. The van der Waals surface area contributed by atoms with Gasteiger partial charge in [-0.3, -0.25) is 14.5 Å². The molecule has 162 valence electrons. The average Bonchev–Trinajstić information content (AvgIpc) is 3.02. The average molecular weight is 421 g/mol. The molecule has 1 aromatic heterocycles. The largest absolute Gasteiger partial charge is 0.336 e. The Morgan fingerprint density at radius 2 is 1.74 bits per heavy atom. The standard InChI is InChI=1S/C23H28N6O2/c1-26-14-15-28-19(17-26)21(30)29(16-18-6-3-2-4-7-18)23(28)8-12-27(13-9-23)22(31)20-24-10-5-11-25-20/h2-7,10-11,19H,8-9,12-17H2,1H3/t19-/m1/s1. The van der Waals surface area contributed by atoms with Gasteiger partial charge in [0.05, 0.1) is 0 Å². The van der Waals surface area contributed by atoms with Gasteiger partial charge in [0.2, 0.25) is 11.7 Å². The van der Waals surface area contributed by atoms with Crippen LogP contribution in [0.5, 0.6) is 0 Å². The first-order valence-electron chi connectivity index (χ1n) is 11.0. The third-order valence-corrected chi connectivity index (χ3v) is 6.96. The van der Waals surface area contributed by atoms with Crippen LogP contribution in [-0.4, -0.2) is 92.9 Å². The maximum atomic E-state index is 13.6. The van der Waals surface area contributed by atoms with Crippen LogP contribution in [0.25, 0.3) is 0 Å². The number of benzene rings is 1. The maximum Gasteiger partial charge on any atom is 0.291 e. The van der Waals surface area contributed by atoms with E-state index in [9.17, 15) is 9.59 Å². The predicted octanol–water partition coefficient (Wildman–Crippen LogP) is 1.07. The Morgan fingerprint density at radius 1 is 1.03 bits per heavy atom. The molecule has 3 aliphatic rings. The van der Waals surface area contributed by atoms with Crippen molar-refractivity contribution in [2.75, 3.05) is 39.8 Å². The number of amides is 2. The van der Waals surface area contributed by atoms with Crippen molar-refractivity contribution in [2.45, 2.75) is 31.1 Å². The van der Waals surface area contributed by atoms with Crippen LogP contribution in [0.15, 0.2) is 48.8 Å². The molecule has 1 spiro atoms. The fourth-order valence-electron chi connectivity index (χ4n) is 5.34. The molecule has 3 saturated heterocycles. The molecular weight excluding hydrogens is 392 g/mol. The Bertz CT molecular complexity index is 945. The highest BCUT2D eigenvalue weighted by molar-refractivity contribution is 5.90. The molecule has 0 saturated carbocycles. The number of aromatic nitrogens is 2. The fraction of sp³-hybridized carbons (Fsp3) is 0.478. The van der Waals surface area contributed by atoms with Crippen molar-refractivity contribution in [1.82, 2.24) is 29.6 Å². The molecule has 1 atom stereocenters. The van der Waals surface area contributed by atoms with Crippen LogP contribution in [0.1, 0.15) is 29.0 Å². The second-order valence-corrected chi connectivity index (χ2v) is 8.73. The van der Waals surface area contributed by atoms with Crippen LogP contribution < -0.4 is 0 Å². The van der Waals surface area contributed by atoms with E-state index in [-0.39, 0.29) is 29.3 Å². The van der Waals surface area contributed by atoms with Crippen LogP contribution in [-0.2, 0) is 11.3 Å². The van der Waals surface area contributed by atoms with Gasteiger partial charge in [0.15, 0.2) is 0 Å². The van der Waals surface area contributed by atoms with Gasteiger partial charge < -0.3 is 14.7 Å². The first-order chi connectivity index (χ1) is 15.1. The number of carbonyl (C=O) groups is 2. The number of hydrogen-bond acceptors (Lipinski definition) is 6. The lowest BCUT2D eigenvalue weighted by Crippen LogP contribution is -2.63. The summed E-state index contributed by atoms with van der Waals surface area (Å²) in [6.07, 6.45) is 4.67. The van der Waals surface area contributed by atoms with E-state index in [0.717, 1.165) is 38.0 Å². The molecule has 0 N–H and O–H groups in total. The smallest absolute Gasteiger partial charge is 0.291 e. The van der Waals surface area contributed by atoms with E-state index in [1.807, 2.05) is 23.1 Å². The first kappa shape index (κ1) is 20.1. The zero-order chi connectivity index (χ0) is 21.4. The molecule has 8 nitrogen and oxygen atoms in total. The van der Waals surface area contributed by atoms with Gasteiger partial charge in [0.1, 0.15) is 11.7 Å². The SMILES string of the molecule is CN1CCN2[C@H](C1)C(=O)N(Cc1ccccc1)C21CCN(C(=O)c2ncccn2)CC1. The quantitative estimate of drug-likeness (QED) is 0.740. The van der Waals surface area contributed by atoms with Crippen molar-refractivity contribution in [3.05, 3.63) is 60.2 Å². The summed E-state index contributed by atoms with van der Waals surface area (Å²) < 4.78 is 0. The van der Waals surface area contributed by atoms with Gasteiger partial charge in [-0.25, -0.2) is 9.97 Å². The lowest BCUT2D eigenvalue weighted by atomic mass is 9.93. The lowest BCUT2D eigenvalue weighted by molar-refractivity contribution is -0.134. The Labute approximate surface area is 182 Å². The van der Waals surface area contributed by atoms with Crippen molar-refractivity contribution in [3.8, 4) is 0 Å². The van der Waals surface area contributed by atoms with Crippen molar-refractivity contribution >= 4 is 11.8 Å². The van der Waals surface area contributed by atoms with Gasteiger partial charge in [-0.05, 0) is 18.7 Å². The molecule has 31 heavy (non-hydrogen) atoms. The van der Waals surface area contributed by atoms with Crippen molar-refractivity contribution in [3.63, 3.8) is 0 Å². The summed E-state index contributed by atoms with van der Waals surface area (Å²) in [4.78, 5) is 43.2. The van der Waals surface area contributed by atoms with Crippen molar-refractivity contribution < 1.29 is 9.59 Å². The lowest BCUT2D eigenvalue weighted by Gasteiger charge is -2.50. The van der Waals surface area contributed by atoms with E-state index in [2.05, 4.69) is 43.8 Å². The van der Waals surface area contributed by atoms with Crippen molar-refractivity contribution in [1.29, 1.82) is 0 Å². The second-order valence-electron chi connectivity index (χ2n) is 8.73. The normalized spacial score (nSPS) is 23.9. The van der Waals surface area contributed by atoms with E-state index in [1.54, 1.807) is 18.5 Å². The predicted molar refractivity (Wildman–Crippen MR) is 115 cm³/mol. The Balaban J connectivity index is 1.41. The maximum absolute atomic E-state index is 13.6. The number of piperazine rings is 1. The Hall–Kier alpha value is -2.84. The minimum absolute atomic E-state index is 0.109. The number of likely N-dealkylation sites (N-methyl/N-ethyl adjacent to an activating group) is 1. The highest BCUT2D eigenvalue weighted by Gasteiger charge is 2.58. The van der Waals surface area contributed by atoms with Crippen LogP contribution >= 0.6 is 0 Å². The molecule has 5 rings (SSSR count). The van der Waals surface area contributed by atoms with E-state index >= 15 is 0 Å². The van der Waals surface area contributed by atoms with E-state index in [4.69, 9.17) is 0 Å². The first-order valence-corrected chi connectivity index (χ1v) is 11.0. The molecule has 3 aliphatic heterocycles. The Kier molecular flexibility index (Phi) is 5.19. The minimum Gasteiger partial charge on any atom is -0.336 e. The minimum atomic E-state index is -0.340. The van der Waals surface area contributed by atoms with Crippen LogP contribution in [0, 0.1) is 0 Å². The molecule has 0 radical (unpaired) electrons. The molecule has 0 aliphatic carbocycles. The zero-order valence-corrected chi connectivity index (χ0v) is 17.9. The third kappa shape index (κ3) is 3.49. The van der Waals surface area contributed by atoms with Gasteiger partial charge in [0.25, 0.3) is 5.91 Å². The van der Waals surface area contributed by atoms with Crippen LogP contribution in [0.3, 0.4) is 0 Å². The monoisotopic (exact) mass is 420 g/mol. The number of carbonyl (C=O) groups excluding carboxylic acids is 2. The van der Waals surface area contributed by atoms with Crippen LogP contribution in [0.2, 0.25) is 0 Å². The molecule has 0 bridgehead atoms. The molecule has 2 aromatic rings. The summed E-state index contributed by atoms with van der Waals surface area (Å²) in [5.74, 6) is 0.311. The fourth-order valence-corrected chi connectivity index (χ4v) is 5.34.